The molecule has 15 nitrogen and oxygen atoms in total. The maximum absolute atomic E-state index is 15.3. The number of carboxylic acid groups (broad SMARTS) is 1. The summed E-state index contributed by atoms with van der Waals surface area (Å²) < 4.78 is 28.0. The van der Waals surface area contributed by atoms with Gasteiger partial charge in [-0.05, 0) is 48.2 Å². The van der Waals surface area contributed by atoms with Crippen molar-refractivity contribution in [3.05, 3.63) is 106 Å². The zero-order chi connectivity index (χ0) is 42.5. The van der Waals surface area contributed by atoms with Gasteiger partial charge in [0.15, 0.2) is 0 Å². The van der Waals surface area contributed by atoms with Crippen molar-refractivity contribution < 1.29 is 38.1 Å². The summed E-state index contributed by atoms with van der Waals surface area (Å²) in [4.78, 5) is 64.6. The number of halogens is 1. The maximum Gasteiger partial charge on any atom is 0.410 e. The van der Waals surface area contributed by atoms with E-state index in [-0.39, 0.29) is 61.1 Å². The molecular weight excluding hydrogens is 782 g/mol. The molecule has 1 fully saturated rings. The van der Waals surface area contributed by atoms with Crippen molar-refractivity contribution in [3.63, 3.8) is 0 Å². The van der Waals surface area contributed by atoms with Gasteiger partial charge in [0.05, 0.1) is 17.0 Å². The van der Waals surface area contributed by atoms with Gasteiger partial charge in [-0.15, -0.1) is 0 Å². The summed E-state index contributed by atoms with van der Waals surface area (Å²) in [6.45, 7) is 8.67. The number of pyridine rings is 1. The Morgan fingerprint density at radius 2 is 1.61 bits per heavy atom. The van der Waals surface area contributed by atoms with E-state index in [0.717, 1.165) is 22.9 Å². The van der Waals surface area contributed by atoms with Crippen LogP contribution in [0, 0.1) is 11.7 Å². The zero-order valence-electron chi connectivity index (χ0n) is 33.4. The van der Waals surface area contributed by atoms with E-state index < -0.39 is 40.9 Å². The minimum atomic E-state index is -1.37. The van der Waals surface area contributed by atoms with Crippen molar-refractivity contribution in [2.24, 2.45) is 11.7 Å². The van der Waals surface area contributed by atoms with Crippen LogP contribution in [-0.4, -0.2) is 101 Å². The molecule has 1 saturated heterocycles. The predicted octanol–water partition coefficient (Wildman–Crippen LogP) is 4.86. The minimum Gasteiger partial charge on any atom is -0.477 e. The molecule has 0 bridgehead atoms. The predicted molar refractivity (Wildman–Crippen MR) is 226 cm³/mol. The first-order chi connectivity index (χ1) is 28.3. The number of primary amides is 1. The number of aromatic nitrogens is 1. The molecule has 2 heterocycles. The molecule has 3 aromatic carbocycles. The van der Waals surface area contributed by atoms with E-state index >= 15 is 4.39 Å². The molecule has 0 aliphatic carbocycles. The summed E-state index contributed by atoms with van der Waals surface area (Å²) >= 11 is 1.42. The molecule has 0 radical (unpaired) electrons. The van der Waals surface area contributed by atoms with Gasteiger partial charge in [-0.2, -0.15) is 11.8 Å². The van der Waals surface area contributed by atoms with Gasteiger partial charge in [-0.3, -0.25) is 9.59 Å². The maximum atomic E-state index is 15.3. The molecule has 0 saturated carbocycles. The number of nitrogens with two attached hydrogens (primary N) is 1. The van der Waals surface area contributed by atoms with E-state index in [4.69, 9.17) is 15.2 Å². The number of nitrogens with one attached hydrogen (secondary N) is 3. The van der Waals surface area contributed by atoms with Crippen LogP contribution in [0.2, 0.25) is 0 Å². The van der Waals surface area contributed by atoms with Crippen LogP contribution in [-0.2, 0) is 34.0 Å². The molecule has 2 atom stereocenters. The number of aryl methyl sites for hydroxylation is 1. The molecule has 59 heavy (non-hydrogen) atoms. The molecule has 3 amide bonds. The first-order valence-electron chi connectivity index (χ1n) is 19.5. The summed E-state index contributed by atoms with van der Waals surface area (Å²) in [5.74, 6) is -1.52. The Balaban J connectivity index is 1.09. The highest BCUT2D eigenvalue weighted by molar-refractivity contribution is 8.00. The van der Waals surface area contributed by atoms with Gasteiger partial charge in [0.25, 0.3) is 0 Å². The van der Waals surface area contributed by atoms with Crippen molar-refractivity contribution in [3.8, 4) is 0 Å². The molecule has 1 aliphatic rings. The highest BCUT2D eigenvalue weighted by atomic mass is 32.2. The lowest BCUT2D eigenvalue weighted by molar-refractivity contribution is -0.115. The van der Waals surface area contributed by atoms with E-state index in [1.165, 1.54) is 18.0 Å². The van der Waals surface area contributed by atoms with Crippen LogP contribution >= 0.6 is 11.8 Å². The van der Waals surface area contributed by atoms with Crippen LogP contribution in [0.3, 0.4) is 0 Å². The summed E-state index contributed by atoms with van der Waals surface area (Å²) in [6.07, 6.45) is 0.283. The number of piperazine rings is 1. The normalized spacial score (nSPS) is 13.8. The molecule has 0 spiro atoms. The van der Waals surface area contributed by atoms with Crippen molar-refractivity contribution >= 4 is 58.1 Å². The second-order valence-electron chi connectivity index (χ2n) is 14.5. The number of nitrogens with zero attached hydrogens (tertiary/aromatic N) is 3. The summed E-state index contributed by atoms with van der Waals surface area (Å²) in [5, 5.41) is 19.3. The average Bonchev–Trinajstić information content (AvgIpc) is 3.23. The van der Waals surface area contributed by atoms with E-state index in [2.05, 4.69) is 16.0 Å². The van der Waals surface area contributed by atoms with E-state index in [0.29, 0.717) is 44.0 Å². The Kier molecular flexibility index (Phi) is 16.0. The van der Waals surface area contributed by atoms with Gasteiger partial charge in [-0.1, -0.05) is 56.3 Å². The Labute approximate surface area is 346 Å². The smallest absolute Gasteiger partial charge is 0.410 e. The van der Waals surface area contributed by atoms with Crippen LogP contribution in [0.15, 0.2) is 77.7 Å². The summed E-state index contributed by atoms with van der Waals surface area (Å²) in [7, 11) is 0. The van der Waals surface area contributed by atoms with E-state index in [9.17, 15) is 29.1 Å². The molecule has 0 unspecified atom stereocenters. The van der Waals surface area contributed by atoms with Crippen LogP contribution in [0.1, 0.15) is 42.3 Å². The third kappa shape index (κ3) is 12.6. The fourth-order valence-corrected chi connectivity index (χ4v) is 7.38. The van der Waals surface area contributed by atoms with Crippen LogP contribution in [0.5, 0.6) is 0 Å². The Morgan fingerprint density at radius 3 is 2.25 bits per heavy atom. The Hall–Kier alpha value is -5.81. The van der Waals surface area contributed by atoms with Crippen molar-refractivity contribution in [2.45, 2.75) is 52.6 Å². The number of thioether (sulfide) groups is 1. The van der Waals surface area contributed by atoms with E-state index in [1.807, 2.05) is 68.4 Å². The van der Waals surface area contributed by atoms with E-state index in [1.54, 1.807) is 27.4 Å². The number of benzene rings is 3. The SMILES string of the molecule is CCn1cc(C(=O)O)c(=O)c2cc(F)c(N3CCN(C(=O)OCc4ccc(NC[C@H](CSCC(N)=O)NC[C@@H](NC(=O)OCc5ccccc5)C(C)C)cc4)CC3)cc21. The van der Waals surface area contributed by atoms with Crippen molar-refractivity contribution in [1.82, 2.24) is 20.1 Å². The lowest BCUT2D eigenvalue weighted by Gasteiger charge is -2.35. The molecule has 1 aromatic heterocycles. The second kappa shape index (κ2) is 21.3. The number of ether oxygens (including phenoxy) is 2. The third-order valence-corrected chi connectivity index (χ3v) is 11.1. The molecule has 6 N–H and O–H groups in total. The van der Waals surface area contributed by atoms with Crippen LogP contribution in [0.4, 0.5) is 25.4 Å². The molecule has 17 heteroatoms. The number of hydrogen-bond donors (Lipinski definition) is 5. The quantitative estimate of drug-likeness (QED) is 0.0862. The van der Waals surface area contributed by atoms with Crippen molar-refractivity contribution in [1.29, 1.82) is 0 Å². The number of carbonyl (C=O) groups is 4. The number of carbonyl (C=O) groups excluding carboxylic acids is 3. The minimum absolute atomic E-state index is 0.00318. The first kappa shape index (κ1) is 44.3. The number of hydrogen-bond acceptors (Lipinski definition) is 11. The lowest BCUT2D eigenvalue weighted by Crippen LogP contribution is -2.49. The molecule has 316 valence electrons. The Bertz CT molecular complexity index is 2130. The zero-order valence-corrected chi connectivity index (χ0v) is 34.3. The molecular formula is C42H52FN7O8S. The van der Waals surface area contributed by atoms with Gasteiger partial charge in [0.2, 0.25) is 11.3 Å². The monoisotopic (exact) mass is 833 g/mol. The summed E-state index contributed by atoms with van der Waals surface area (Å²) in [6, 6.07) is 19.3. The number of aromatic carboxylic acids is 1. The number of anilines is 2. The number of rotatable bonds is 19. The molecule has 5 rings (SSSR count). The fraction of sp³-hybridized carbons (Fsp3) is 0.405. The average molecular weight is 834 g/mol. The largest absolute Gasteiger partial charge is 0.477 e. The third-order valence-electron chi connectivity index (χ3n) is 9.98. The highest BCUT2D eigenvalue weighted by Gasteiger charge is 2.26. The van der Waals surface area contributed by atoms with Crippen molar-refractivity contribution in [2.75, 3.05) is 61.0 Å². The number of alkyl carbamates (subject to hydrolysis) is 1. The molecule has 1 aliphatic heterocycles. The second-order valence-corrected chi connectivity index (χ2v) is 15.6. The topological polar surface area (TPSA) is 198 Å². The van der Waals surface area contributed by atoms with Gasteiger partial charge >= 0.3 is 18.2 Å². The number of amides is 3. The molecule has 4 aromatic rings. The lowest BCUT2D eigenvalue weighted by atomic mass is 10.0. The number of carboxylic acids is 1. The van der Waals surface area contributed by atoms with Crippen LogP contribution in [0.25, 0.3) is 10.9 Å². The fourth-order valence-electron chi connectivity index (χ4n) is 6.54. The summed E-state index contributed by atoms with van der Waals surface area (Å²) in [5.41, 5.74) is 7.43. The van der Waals surface area contributed by atoms with Gasteiger partial charge in [-0.25, -0.2) is 18.8 Å². The van der Waals surface area contributed by atoms with Crippen LogP contribution < -0.4 is 32.0 Å². The highest BCUT2D eigenvalue weighted by Crippen LogP contribution is 2.27. The van der Waals surface area contributed by atoms with Gasteiger partial charge in [0.1, 0.15) is 24.6 Å². The standard InChI is InChI=1S/C42H52FN7O8S/c1-4-48-22-33(40(53)54)39(52)32-18-34(43)37(19-36(32)48)49-14-16-50(17-15-49)42(56)58-24-29-10-12-30(13-11-29)45-20-31(25-59-26-38(44)51)46-21-35(27(2)3)47-41(55)57-23-28-8-6-5-7-9-28/h5-13,18-19,22,27,31,35,45-46H,4,14-17,20-21,23-26H2,1-3H3,(H2,44,51)(H,47,55)(H,53,54)/t31-,35-/m1/s1. The van der Waals surface area contributed by atoms with Gasteiger partial charge in [0, 0.05) is 80.9 Å². The van der Waals surface area contributed by atoms with Gasteiger partial charge < -0.3 is 50.6 Å². The number of fused-ring (bicyclic) bond motifs is 1. The Morgan fingerprint density at radius 1 is 0.932 bits per heavy atom. The first-order valence-corrected chi connectivity index (χ1v) is 20.6.